The van der Waals surface area contributed by atoms with Gasteiger partial charge in [-0.2, -0.15) is 5.10 Å². The van der Waals surface area contributed by atoms with Crippen LogP contribution in [0.25, 0.3) is 0 Å². The molecule has 114 valence electrons. The average molecular weight is 373 g/mol. The molecule has 2 aromatic rings. The Morgan fingerprint density at radius 2 is 2.19 bits per heavy atom. The van der Waals surface area contributed by atoms with E-state index in [-0.39, 0.29) is 6.04 Å². The number of benzene rings is 1. The predicted octanol–water partition coefficient (Wildman–Crippen LogP) is 3.61. The van der Waals surface area contributed by atoms with Gasteiger partial charge in [-0.3, -0.25) is 4.68 Å². The van der Waals surface area contributed by atoms with Gasteiger partial charge in [-0.15, -0.1) is 0 Å². The van der Waals surface area contributed by atoms with Crippen molar-refractivity contribution in [2.75, 3.05) is 0 Å². The van der Waals surface area contributed by atoms with Gasteiger partial charge in [0.2, 0.25) is 0 Å². The lowest BCUT2D eigenvalue weighted by Gasteiger charge is -2.14. The van der Waals surface area contributed by atoms with Crippen LogP contribution >= 0.6 is 27.5 Å². The van der Waals surface area contributed by atoms with E-state index in [4.69, 9.17) is 22.1 Å². The van der Waals surface area contributed by atoms with E-state index in [0.717, 1.165) is 33.6 Å². The zero-order valence-corrected chi connectivity index (χ0v) is 14.7. The Hall–Kier alpha value is -1.04. The van der Waals surface area contributed by atoms with Crippen LogP contribution in [0.15, 0.2) is 22.7 Å². The first-order valence-corrected chi connectivity index (χ1v) is 7.90. The van der Waals surface area contributed by atoms with Crippen molar-refractivity contribution in [3.8, 4) is 5.75 Å². The van der Waals surface area contributed by atoms with E-state index in [1.165, 1.54) is 0 Å². The second-order valence-electron chi connectivity index (χ2n) is 5.19. The Morgan fingerprint density at radius 1 is 1.48 bits per heavy atom. The molecule has 0 bridgehead atoms. The fourth-order valence-corrected chi connectivity index (χ4v) is 2.82. The highest BCUT2D eigenvalue weighted by Crippen LogP contribution is 2.27. The quantitative estimate of drug-likeness (QED) is 0.872. The van der Waals surface area contributed by atoms with Crippen LogP contribution in [0.1, 0.15) is 23.9 Å². The van der Waals surface area contributed by atoms with Gasteiger partial charge in [0.25, 0.3) is 0 Å². The number of aryl methyl sites for hydroxylation is 2. The lowest BCUT2D eigenvalue weighted by atomic mass is 10.1. The average Bonchev–Trinajstić information content (AvgIpc) is 2.62. The first-order valence-electron chi connectivity index (χ1n) is 6.73. The maximum absolute atomic E-state index is 6.05. The molecule has 2 N–H and O–H groups in total. The van der Waals surface area contributed by atoms with E-state index >= 15 is 0 Å². The molecule has 21 heavy (non-hydrogen) atoms. The van der Waals surface area contributed by atoms with Crippen LogP contribution in [0, 0.1) is 6.92 Å². The van der Waals surface area contributed by atoms with Crippen LogP contribution in [-0.2, 0) is 20.1 Å². The molecular weight excluding hydrogens is 354 g/mol. The summed E-state index contributed by atoms with van der Waals surface area (Å²) in [5, 5.41) is 5.05. The van der Waals surface area contributed by atoms with Crippen molar-refractivity contribution >= 4 is 27.5 Å². The third-order valence-corrected chi connectivity index (χ3v) is 4.46. The number of halogens is 2. The number of nitrogens with zero attached hydrogens (tertiary/aromatic N) is 2. The van der Waals surface area contributed by atoms with Gasteiger partial charge in [0, 0.05) is 18.1 Å². The maximum atomic E-state index is 6.05. The normalized spacial score (nSPS) is 12.5. The smallest absolute Gasteiger partial charge is 0.131 e. The first-order chi connectivity index (χ1) is 9.88. The Kier molecular flexibility index (Phi) is 5.30. The van der Waals surface area contributed by atoms with Crippen molar-refractivity contribution in [2.24, 2.45) is 12.8 Å². The predicted molar refractivity (Wildman–Crippen MR) is 88.8 cm³/mol. The summed E-state index contributed by atoms with van der Waals surface area (Å²) in [5.74, 6) is 0.808. The van der Waals surface area contributed by atoms with E-state index in [1.807, 2.05) is 43.8 Å². The standard InChI is InChI=1S/C15H19BrClN3O/c1-9(18)6-11-7-12(17)4-5-14(11)21-8-13-15(16)10(2)19-20(13)3/h4-5,7,9H,6,8,18H2,1-3H3. The molecule has 0 spiro atoms. The van der Waals surface area contributed by atoms with E-state index < -0.39 is 0 Å². The molecule has 0 fully saturated rings. The minimum Gasteiger partial charge on any atom is -0.487 e. The summed E-state index contributed by atoms with van der Waals surface area (Å²) in [7, 11) is 1.90. The van der Waals surface area contributed by atoms with Gasteiger partial charge in [0.15, 0.2) is 0 Å². The number of rotatable bonds is 5. The summed E-state index contributed by atoms with van der Waals surface area (Å²) < 4.78 is 8.75. The van der Waals surface area contributed by atoms with Gasteiger partial charge in [0.1, 0.15) is 12.4 Å². The van der Waals surface area contributed by atoms with Crippen LogP contribution in [0.3, 0.4) is 0 Å². The second-order valence-corrected chi connectivity index (χ2v) is 6.42. The Morgan fingerprint density at radius 3 is 2.76 bits per heavy atom. The van der Waals surface area contributed by atoms with Crippen LogP contribution in [0.4, 0.5) is 0 Å². The number of aromatic nitrogens is 2. The highest BCUT2D eigenvalue weighted by atomic mass is 79.9. The molecule has 1 heterocycles. The number of hydrogen-bond donors (Lipinski definition) is 1. The monoisotopic (exact) mass is 371 g/mol. The molecule has 0 saturated carbocycles. The van der Waals surface area contributed by atoms with Crippen LogP contribution in [0.5, 0.6) is 5.75 Å². The topological polar surface area (TPSA) is 53.1 Å². The fraction of sp³-hybridized carbons (Fsp3) is 0.400. The van der Waals surface area contributed by atoms with Crippen molar-refractivity contribution in [3.63, 3.8) is 0 Å². The molecule has 2 rings (SSSR count). The van der Waals surface area contributed by atoms with Crippen molar-refractivity contribution in [3.05, 3.63) is 44.6 Å². The molecule has 0 amide bonds. The molecule has 1 atom stereocenters. The summed E-state index contributed by atoms with van der Waals surface area (Å²) in [6.45, 7) is 4.36. The van der Waals surface area contributed by atoms with E-state index in [2.05, 4.69) is 21.0 Å². The minimum atomic E-state index is 0.0523. The van der Waals surface area contributed by atoms with Gasteiger partial charge in [-0.25, -0.2) is 0 Å². The summed E-state index contributed by atoms with van der Waals surface area (Å²) in [6, 6.07) is 5.67. The van der Waals surface area contributed by atoms with Crippen molar-refractivity contribution in [1.82, 2.24) is 9.78 Å². The zero-order chi connectivity index (χ0) is 15.6. The van der Waals surface area contributed by atoms with Gasteiger partial charge >= 0.3 is 0 Å². The third kappa shape index (κ3) is 3.99. The summed E-state index contributed by atoms with van der Waals surface area (Å²) in [6.07, 6.45) is 0.724. The molecule has 0 saturated heterocycles. The molecule has 1 aromatic carbocycles. The first kappa shape index (κ1) is 16.3. The van der Waals surface area contributed by atoms with Gasteiger partial charge in [-0.05, 0) is 60.0 Å². The lowest BCUT2D eigenvalue weighted by Crippen LogP contribution is -2.18. The molecular formula is C15H19BrClN3O. The lowest BCUT2D eigenvalue weighted by molar-refractivity contribution is 0.290. The van der Waals surface area contributed by atoms with Crippen molar-refractivity contribution < 1.29 is 4.74 Å². The molecule has 0 radical (unpaired) electrons. The van der Waals surface area contributed by atoms with Gasteiger partial charge in [0.05, 0.1) is 15.9 Å². The highest BCUT2D eigenvalue weighted by Gasteiger charge is 2.13. The Balaban J connectivity index is 2.19. The van der Waals surface area contributed by atoms with Crippen molar-refractivity contribution in [2.45, 2.75) is 32.9 Å². The molecule has 4 nitrogen and oxygen atoms in total. The molecule has 0 aliphatic heterocycles. The number of nitrogens with two attached hydrogens (primary N) is 1. The third-order valence-electron chi connectivity index (χ3n) is 3.19. The summed E-state index contributed by atoms with van der Waals surface area (Å²) >= 11 is 9.59. The van der Waals surface area contributed by atoms with Crippen LogP contribution in [0.2, 0.25) is 5.02 Å². The van der Waals surface area contributed by atoms with E-state index in [9.17, 15) is 0 Å². The minimum absolute atomic E-state index is 0.0523. The molecule has 0 aliphatic carbocycles. The number of ether oxygens (including phenoxy) is 1. The molecule has 1 unspecified atom stereocenters. The van der Waals surface area contributed by atoms with Crippen molar-refractivity contribution in [1.29, 1.82) is 0 Å². The van der Waals surface area contributed by atoms with Gasteiger partial charge in [-0.1, -0.05) is 11.6 Å². The van der Waals surface area contributed by atoms with Crippen LogP contribution in [-0.4, -0.2) is 15.8 Å². The molecule has 0 aliphatic rings. The molecule has 6 heteroatoms. The fourth-order valence-electron chi connectivity index (χ4n) is 2.18. The highest BCUT2D eigenvalue weighted by molar-refractivity contribution is 9.10. The summed E-state index contributed by atoms with van der Waals surface area (Å²) in [4.78, 5) is 0. The summed E-state index contributed by atoms with van der Waals surface area (Å²) in [5.41, 5.74) is 8.84. The van der Waals surface area contributed by atoms with E-state index in [0.29, 0.717) is 11.6 Å². The van der Waals surface area contributed by atoms with E-state index in [1.54, 1.807) is 0 Å². The number of hydrogen-bond acceptors (Lipinski definition) is 3. The van der Waals surface area contributed by atoms with Crippen LogP contribution < -0.4 is 10.5 Å². The Bertz CT molecular complexity index is 640. The Labute approximate surface area is 138 Å². The largest absolute Gasteiger partial charge is 0.487 e. The zero-order valence-electron chi connectivity index (χ0n) is 12.4. The maximum Gasteiger partial charge on any atom is 0.131 e. The van der Waals surface area contributed by atoms with Gasteiger partial charge < -0.3 is 10.5 Å². The second kappa shape index (κ2) is 6.81. The SMILES string of the molecule is Cc1nn(C)c(COc2ccc(Cl)cc2CC(C)N)c1Br. The molecule has 1 aromatic heterocycles.